The van der Waals surface area contributed by atoms with Gasteiger partial charge in [0.25, 0.3) is 5.56 Å². The van der Waals surface area contributed by atoms with Gasteiger partial charge >= 0.3 is 0 Å². The fraction of sp³-hybridized carbons (Fsp3) is 0.105. The second-order valence-electron chi connectivity index (χ2n) is 5.23. The number of para-hydroxylation sites is 1. The van der Waals surface area contributed by atoms with Crippen LogP contribution in [0.4, 0.5) is 0 Å². The normalized spacial score (nSPS) is 10.4. The van der Waals surface area contributed by atoms with E-state index in [4.69, 9.17) is 4.74 Å². The van der Waals surface area contributed by atoms with E-state index in [1.807, 2.05) is 36.4 Å². The van der Waals surface area contributed by atoms with Crippen molar-refractivity contribution in [1.29, 1.82) is 0 Å². The highest BCUT2D eigenvalue weighted by molar-refractivity contribution is 5.32. The summed E-state index contributed by atoms with van der Waals surface area (Å²) in [6.45, 7) is 0.744. The number of ether oxygens (including phenoxy) is 1. The predicted octanol–water partition coefficient (Wildman–Crippen LogP) is 3.18. The molecule has 0 aliphatic carbocycles. The quantitative estimate of drug-likeness (QED) is 0.787. The van der Waals surface area contributed by atoms with Crippen LogP contribution < -0.4 is 10.3 Å². The Hall–Kier alpha value is -3.01. The number of aromatic hydroxyl groups is 1. The van der Waals surface area contributed by atoms with Crippen molar-refractivity contribution in [3.63, 3.8) is 0 Å². The Morgan fingerprint density at radius 2 is 1.70 bits per heavy atom. The van der Waals surface area contributed by atoms with Gasteiger partial charge in [-0.3, -0.25) is 4.79 Å². The molecule has 1 N–H and O–H groups in total. The summed E-state index contributed by atoms with van der Waals surface area (Å²) in [5.74, 6) is 0.719. The predicted molar refractivity (Wildman–Crippen MR) is 88.7 cm³/mol. The monoisotopic (exact) mass is 307 g/mol. The highest BCUT2D eigenvalue weighted by atomic mass is 16.5. The van der Waals surface area contributed by atoms with E-state index in [1.54, 1.807) is 30.5 Å². The molecule has 116 valence electrons. The van der Waals surface area contributed by atoms with Crippen molar-refractivity contribution >= 4 is 0 Å². The number of phenols is 1. The van der Waals surface area contributed by atoms with Crippen molar-refractivity contribution in [3.05, 3.63) is 94.4 Å². The maximum atomic E-state index is 12.2. The lowest BCUT2D eigenvalue weighted by Crippen LogP contribution is -2.19. The third kappa shape index (κ3) is 3.80. The van der Waals surface area contributed by atoms with E-state index in [0.29, 0.717) is 24.5 Å². The van der Waals surface area contributed by atoms with Gasteiger partial charge in [-0.25, -0.2) is 0 Å². The molecule has 3 aromatic rings. The van der Waals surface area contributed by atoms with Crippen molar-refractivity contribution in [2.75, 3.05) is 0 Å². The first-order valence-corrected chi connectivity index (χ1v) is 7.36. The first kappa shape index (κ1) is 14.9. The largest absolute Gasteiger partial charge is 0.508 e. The van der Waals surface area contributed by atoms with Gasteiger partial charge in [0.05, 0.1) is 6.54 Å². The first-order chi connectivity index (χ1) is 11.2. The van der Waals surface area contributed by atoms with Gasteiger partial charge in [0.1, 0.15) is 18.1 Å². The fourth-order valence-corrected chi connectivity index (χ4v) is 2.28. The second kappa shape index (κ2) is 6.83. The molecule has 0 aliphatic rings. The van der Waals surface area contributed by atoms with E-state index >= 15 is 0 Å². The molecule has 0 aliphatic heterocycles. The lowest BCUT2D eigenvalue weighted by molar-refractivity contribution is 0.305. The number of hydrogen-bond donors (Lipinski definition) is 1. The number of nitrogens with zero attached hydrogens (tertiary/aromatic N) is 1. The SMILES string of the molecule is O=c1cc(OCc2ccccc2)ccn1Cc1ccccc1O. The highest BCUT2D eigenvalue weighted by Crippen LogP contribution is 2.17. The van der Waals surface area contributed by atoms with Gasteiger partial charge in [-0.05, 0) is 17.7 Å². The van der Waals surface area contributed by atoms with E-state index in [-0.39, 0.29) is 11.3 Å². The molecule has 3 rings (SSSR count). The molecule has 1 heterocycles. The second-order valence-corrected chi connectivity index (χ2v) is 5.23. The molecule has 4 nitrogen and oxygen atoms in total. The molecule has 4 heteroatoms. The van der Waals surface area contributed by atoms with Crippen LogP contribution in [0.25, 0.3) is 0 Å². The molecule has 0 spiro atoms. The zero-order chi connectivity index (χ0) is 16.1. The Balaban J connectivity index is 1.71. The molecule has 0 radical (unpaired) electrons. The van der Waals surface area contributed by atoms with Crippen LogP contribution in [-0.4, -0.2) is 9.67 Å². The summed E-state index contributed by atoms with van der Waals surface area (Å²) >= 11 is 0. The third-order valence-electron chi connectivity index (χ3n) is 3.55. The minimum Gasteiger partial charge on any atom is -0.508 e. The lowest BCUT2D eigenvalue weighted by Gasteiger charge is -2.10. The van der Waals surface area contributed by atoms with E-state index in [9.17, 15) is 9.90 Å². The number of aromatic nitrogens is 1. The molecular formula is C19H17NO3. The molecule has 23 heavy (non-hydrogen) atoms. The Kier molecular flexibility index (Phi) is 4.43. The number of rotatable bonds is 5. The number of hydrogen-bond acceptors (Lipinski definition) is 3. The molecule has 0 saturated heterocycles. The maximum absolute atomic E-state index is 12.2. The van der Waals surface area contributed by atoms with Crippen molar-refractivity contribution in [2.24, 2.45) is 0 Å². The van der Waals surface area contributed by atoms with E-state index in [0.717, 1.165) is 5.56 Å². The third-order valence-corrected chi connectivity index (χ3v) is 3.55. The molecular weight excluding hydrogens is 290 g/mol. The van der Waals surface area contributed by atoms with E-state index in [2.05, 4.69) is 0 Å². The summed E-state index contributed by atoms with van der Waals surface area (Å²) in [4.78, 5) is 12.2. The fourth-order valence-electron chi connectivity index (χ4n) is 2.28. The Morgan fingerprint density at radius 3 is 2.43 bits per heavy atom. The summed E-state index contributed by atoms with van der Waals surface area (Å²) < 4.78 is 7.17. The zero-order valence-electron chi connectivity index (χ0n) is 12.6. The van der Waals surface area contributed by atoms with Crippen LogP contribution in [0.1, 0.15) is 11.1 Å². The van der Waals surface area contributed by atoms with Crippen LogP contribution in [0.5, 0.6) is 11.5 Å². The molecule has 0 fully saturated rings. The summed E-state index contributed by atoms with van der Waals surface area (Å²) in [6, 6.07) is 20.0. The van der Waals surface area contributed by atoms with Gasteiger partial charge in [0.2, 0.25) is 0 Å². The molecule has 2 aromatic carbocycles. The number of phenolic OH excluding ortho intramolecular Hbond substituents is 1. The summed E-state index contributed by atoms with van der Waals surface area (Å²) in [5, 5.41) is 9.79. The van der Waals surface area contributed by atoms with Crippen LogP contribution in [-0.2, 0) is 13.2 Å². The highest BCUT2D eigenvalue weighted by Gasteiger charge is 2.04. The average molecular weight is 307 g/mol. The van der Waals surface area contributed by atoms with Gasteiger partial charge in [-0.2, -0.15) is 0 Å². The van der Waals surface area contributed by atoms with Crippen LogP contribution in [0, 0.1) is 0 Å². The Bertz CT molecular complexity index is 840. The van der Waals surface area contributed by atoms with E-state index in [1.165, 1.54) is 10.6 Å². The molecule has 0 unspecified atom stereocenters. The van der Waals surface area contributed by atoms with Crippen molar-refractivity contribution in [3.8, 4) is 11.5 Å². The van der Waals surface area contributed by atoms with Gasteiger partial charge in [0.15, 0.2) is 0 Å². The number of pyridine rings is 1. The number of benzene rings is 2. The van der Waals surface area contributed by atoms with Gasteiger partial charge in [-0.15, -0.1) is 0 Å². The molecule has 0 amide bonds. The minimum atomic E-state index is -0.168. The zero-order valence-corrected chi connectivity index (χ0v) is 12.6. The standard InChI is InChI=1S/C19H17NO3/c21-18-9-5-4-8-16(18)13-20-11-10-17(12-19(20)22)23-14-15-6-2-1-3-7-15/h1-12,21H,13-14H2. The minimum absolute atomic E-state index is 0.168. The molecule has 1 aromatic heterocycles. The maximum Gasteiger partial charge on any atom is 0.254 e. The molecule has 0 saturated carbocycles. The van der Waals surface area contributed by atoms with Gasteiger partial charge in [0, 0.05) is 17.8 Å². The Morgan fingerprint density at radius 1 is 0.957 bits per heavy atom. The van der Waals surface area contributed by atoms with Crippen LogP contribution in [0.2, 0.25) is 0 Å². The molecule has 0 atom stereocenters. The van der Waals surface area contributed by atoms with Crippen molar-refractivity contribution in [2.45, 2.75) is 13.2 Å². The first-order valence-electron chi connectivity index (χ1n) is 7.36. The summed E-state index contributed by atoms with van der Waals surface area (Å²) in [6.07, 6.45) is 1.68. The van der Waals surface area contributed by atoms with Crippen molar-refractivity contribution < 1.29 is 9.84 Å². The van der Waals surface area contributed by atoms with Crippen LogP contribution in [0.15, 0.2) is 77.7 Å². The van der Waals surface area contributed by atoms with Crippen LogP contribution in [0.3, 0.4) is 0 Å². The summed E-state index contributed by atoms with van der Waals surface area (Å²) in [7, 11) is 0. The van der Waals surface area contributed by atoms with Crippen LogP contribution >= 0.6 is 0 Å². The average Bonchev–Trinajstić information content (AvgIpc) is 2.58. The van der Waals surface area contributed by atoms with E-state index < -0.39 is 0 Å². The Labute approximate surface area is 134 Å². The topological polar surface area (TPSA) is 51.5 Å². The smallest absolute Gasteiger partial charge is 0.254 e. The lowest BCUT2D eigenvalue weighted by atomic mass is 10.2. The molecule has 0 bridgehead atoms. The summed E-state index contributed by atoms with van der Waals surface area (Å²) in [5.41, 5.74) is 1.58. The van der Waals surface area contributed by atoms with Gasteiger partial charge in [-0.1, -0.05) is 48.5 Å². The van der Waals surface area contributed by atoms with Gasteiger partial charge < -0.3 is 14.4 Å². The van der Waals surface area contributed by atoms with Crippen molar-refractivity contribution in [1.82, 2.24) is 4.57 Å².